The highest BCUT2D eigenvalue weighted by Gasteiger charge is 2.30. The number of hydrogen-bond acceptors (Lipinski definition) is 5. The molecule has 1 aliphatic rings. The van der Waals surface area contributed by atoms with E-state index in [1.807, 2.05) is 6.07 Å². The van der Waals surface area contributed by atoms with Gasteiger partial charge in [0.2, 0.25) is 11.8 Å². The van der Waals surface area contributed by atoms with E-state index in [-0.39, 0.29) is 24.8 Å². The first-order valence-electron chi connectivity index (χ1n) is 8.28. The normalized spacial score (nSPS) is 15.7. The molecule has 0 radical (unpaired) electrons. The van der Waals surface area contributed by atoms with Crippen molar-refractivity contribution in [2.24, 2.45) is 0 Å². The van der Waals surface area contributed by atoms with Crippen molar-refractivity contribution in [3.8, 4) is 5.82 Å². The topological polar surface area (TPSA) is 102 Å². The number of nitrogens with zero attached hydrogens (tertiary/aromatic N) is 4. The lowest BCUT2D eigenvalue weighted by atomic mass is 9.89. The Balaban J connectivity index is 1.54. The van der Waals surface area contributed by atoms with Crippen molar-refractivity contribution in [3.05, 3.63) is 66.1 Å². The van der Waals surface area contributed by atoms with Gasteiger partial charge in [0.05, 0.1) is 5.92 Å². The highest BCUT2D eigenvalue weighted by molar-refractivity contribution is 6.01. The van der Waals surface area contributed by atoms with E-state index < -0.39 is 11.7 Å². The lowest BCUT2D eigenvalue weighted by molar-refractivity contribution is -0.126. The van der Waals surface area contributed by atoms with Crippen LogP contribution >= 0.6 is 0 Å². The fraction of sp³-hybridized carbons (Fsp3) is 0.167. The lowest BCUT2D eigenvalue weighted by Crippen LogP contribution is -2.35. The molecule has 1 aromatic carbocycles. The minimum absolute atomic E-state index is 0.00738. The zero-order valence-corrected chi connectivity index (χ0v) is 14.1. The highest BCUT2D eigenvalue weighted by Crippen LogP contribution is 2.32. The summed E-state index contributed by atoms with van der Waals surface area (Å²) in [7, 11) is 0. The minimum Gasteiger partial charge on any atom is -0.351 e. The van der Waals surface area contributed by atoms with Crippen LogP contribution in [0.3, 0.4) is 0 Å². The molecule has 0 fully saturated rings. The Morgan fingerprint density at radius 3 is 3.07 bits per heavy atom. The molecular weight excluding hydrogens is 351 g/mol. The third-order valence-electron chi connectivity index (χ3n) is 4.33. The average Bonchev–Trinajstić information content (AvgIpc) is 3.20. The van der Waals surface area contributed by atoms with Crippen molar-refractivity contribution >= 4 is 17.5 Å². The lowest BCUT2D eigenvalue weighted by Gasteiger charge is -2.25. The van der Waals surface area contributed by atoms with E-state index in [4.69, 9.17) is 0 Å². The summed E-state index contributed by atoms with van der Waals surface area (Å²) in [5.41, 5.74) is 1.67. The van der Waals surface area contributed by atoms with Gasteiger partial charge in [-0.25, -0.2) is 19.0 Å². The van der Waals surface area contributed by atoms with Crippen LogP contribution in [-0.2, 0) is 16.1 Å². The van der Waals surface area contributed by atoms with Crippen LogP contribution in [0.1, 0.15) is 23.5 Å². The van der Waals surface area contributed by atoms with E-state index in [1.54, 1.807) is 12.3 Å². The molecule has 4 rings (SSSR count). The SMILES string of the molecule is O=C1C[C@@H](C(=O)NCc2cccnc2-n2cncn2)c2ccc(F)cc2N1. The Morgan fingerprint density at radius 1 is 1.37 bits per heavy atom. The number of carbonyl (C=O) groups is 2. The fourth-order valence-electron chi connectivity index (χ4n) is 3.07. The van der Waals surface area contributed by atoms with E-state index in [2.05, 4.69) is 25.7 Å². The van der Waals surface area contributed by atoms with Gasteiger partial charge in [0.1, 0.15) is 18.5 Å². The molecule has 1 atom stereocenters. The van der Waals surface area contributed by atoms with Crippen molar-refractivity contribution in [2.75, 3.05) is 5.32 Å². The molecule has 3 heterocycles. The number of benzene rings is 1. The number of hydrogen-bond donors (Lipinski definition) is 2. The van der Waals surface area contributed by atoms with Gasteiger partial charge in [0.15, 0.2) is 5.82 Å². The molecule has 2 amide bonds. The molecule has 0 unspecified atom stereocenters. The van der Waals surface area contributed by atoms with Crippen molar-refractivity contribution in [1.82, 2.24) is 25.1 Å². The summed E-state index contributed by atoms with van der Waals surface area (Å²) < 4.78 is 14.9. The van der Waals surface area contributed by atoms with E-state index >= 15 is 0 Å². The van der Waals surface area contributed by atoms with Crippen LogP contribution in [0.5, 0.6) is 0 Å². The molecule has 0 spiro atoms. The van der Waals surface area contributed by atoms with Crippen molar-refractivity contribution < 1.29 is 14.0 Å². The number of amides is 2. The van der Waals surface area contributed by atoms with E-state index in [9.17, 15) is 14.0 Å². The third kappa shape index (κ3) is 3.39. The van der Waals surface area contributed by atoms with Crippen molar-refractivity contribution in [2.45, 2.75) is 18.9 Å². The molecular formula is C18H15FN6O2. The number of carbonyl (C=O) groups excluding carboxylic acids is 2. The third-order valence-corrected chi connectivity index (χ3v) is 4.33. The Labute approximate surface area is 153 Å². The summed E-state index contributed by atoms with van der Waals surface area (Å²) in [5, 5.41) is 9.49. The van der Waals surface area contributed by atoms with Gasteiger partial charge in [-0.1, -0.05) is 12.1 Å². The van der Waals surface area contributed by atoms with Gasteiger partial charge in [-0.05, 0) is 23.8 Å². The number of anilines is 1. The second-order valence-electron chi connectivity index (χ2n) is 6.08. The van der Waals surface area contributed by atoms with Gasteiger partial charge in [0, 0.05) is 30.4 Å². The molecule has 3 aromatic rings. The number of pyridine rings is 1. The monoisotopic (exact) mass is 366 g/mol. The standard InChI is InChI=1S/C18H15FN6O2/c19-12-3-4-13-14(7-16(26)24-15(13)6-12)18(27)22-8-11-2-1-5-21-17(11)25-10-20-9-23-25/h1-6,9-10,14H,7-8H2,(H,22,27)(H,24,26)/t14-/m1/s1. The quantitative estimate of drug-likeness (QED) is 0.729. The molecule has 136 valence electrons. The second-order valence-corrected chi connectivity index (χ2v) is 6.08. The molecule has 2 N–H and O–H groups in total. The maximum atomic E-state index is 13.4. The summed E-state index contributed by atoms with van der Waals surface area (Å²) in [4.78, 5) is 32.8. The smallest absolute Gasteiger partial charge is 0.228 e. The first-order chi connectivity index (χ1) is 13.1. The Hall–Kier alpha value is -3.62. The van der Waals surface area contributed by atoms with E-state index in [1.165, 1.54) is 35.5 Å². The van der Waals surface area contributed by atoms with Crippen LogP contribution in [-0.4, -0.2) is 31.6 Å². The molecule has 27 heavy (non-hydrogen) atoms. The Kier molecular flexibility index (Phi) is 4.33. The van der Waals surface area contributed by atoms with Crippen LogP contribution in [0.15, 0.2) is 49.2 Å². The molecule has 8 nitrogen and oxygen atoms in total. The molecule has 0 saturated carbocycles. The van der Waals surface area contributed by atoms with Gasteiger partial charge in [-0.15, -0.1) is 0 Å². The summed E-state index contributed by atoms with van der Waals surface area (Å²) in [6, 6.07) is 7.60. The summed E-state index contributed by atoms with van der Waals surface area (Å²) in [6.07, 6.45) is 4.55. The van der Waals surface area contributed by atoms with Gasteiger partial charge in [-0.3, -0.25) is 9.59 Å². The zero-order chi connectivity index (χ0) is 18.8. The first-order valence-corrected chi connectivity index (χ1v) is 8.28. The van der Waals surface area contributed by atoms with Crippen molar-refractivity contribution in [1.29, 1.82) is 0 Å². The zero-order valence-electron chi connectivity index (χ0n) is 14.1. The predicted molar refractivity (Wildman–Crippen MR) is 93.4 cm³/mol. The largest absolute Gasteiger partial charge is 0.351 e. The number of aromatic nitrogens is 4. The van der Waals surface area contributed by atoms with Crippen LogP contribution in [0.25, 0.3) is 5.82 Å². The van der Waals surface area contributed by atoms with Gasteiger partial charge < -0.3 is 10.6 Å². The Morgan fingerprint density at radius 2 is 2.26 bits per heavy atom. The molecule has 2 aromatic heterocycles. The van der Waals surface area contributed by atoms with Gasteiger partial charge in [0.25, 0.3) is 0 Å². The molecule has 0 bridgehead atoms. The summed E-state index contributed by atoms with van der Waals surface area (Å²) in [5.74, 6) is -1.23. The number of halogens is 1. The number of nitrogens with one attached hydrogen (secondary N) is 2. The van der Waals surface area contributed by atoms with Crippen LogP contribution in [0, 0.1) is 5.82 Å². The predicted octanol–water partition coefficient (Wildman–Crippen LogP) is 1.54. The maximum absolute atomic E-state index is 13.4. The molecule has 1 aliphatic heterocycles. The number of rotatable bonds is 4. The van der Waals surface area contributed by atoms with Crippen molar-refractivity contribution in [3.63, 3.8) is 0 Å². The van der Waals surface area contributed by atoms with E-state index in [0.717, 1.165) is 5.56 Å². The van der Waals surface area contributed by atoms with Gasteiger partial charge >= 0.3 is 0 Å². The fourth-order valence-corrected chi connectivity index (χ4v) is 3.07. The average molecular weight is 366 g/mol. The van der Waals surface area contributed by atoms with Crippen LogP contribution < -0.4 is 10.6 Å². The van der Waals surface area contributed by atoms with E-state index in [0.29, 0.717) is 17.1 Å². The maximum Gasteiger partial charge on any atom is 0.228 e. The molecule has 0 saturated heterocycles. The van der Waals surface area contributed by atoms with Crippen LogP contribution in [0.2, 0.25) is 0 Å². The molecule has 0 aliphatic carbocycles. The minimum atomic E-state index is -0.680. The highest BCUT2D eigenvalue weighted by atomic mass is 19.1. The Bertz CT molecular complexity index is 1000. The summed E-state index contributed by atoms with van der Waals surface area (Å²) >= 11 is 0. The van der Waals surface area contributed by atoms with Crippen LogP contribution in [0.4, 0.5) is 10.1 Å². The summed E-state index contributed by atoms with van der Waals surface area (Å²) in [6.45, 7) is 0.205. The molecule has 9 heteroatoms. The van der Waals surface area contributed by atoms with Gasteiger partial charge in [-0.2, -0.15) is 5.10 Å². The number of fused-ring (bicyclic) bond motifs is 1. The second kappa shape index (κ2) is 6.94. The first kappa shape index (κ1) is 16.8.